The third-order valence-electron chi connectivity index (χ3n) is 2.41. The number of hydrogen-bond donors (Lipinski definition) is 1. The van der Waals surface area contributed by atoms with Crippen LogP contribution in [0.2, 0.25) is 0 Å². The molecule has 1 aliphatic rings. The lowest BCUT2D eigenvalue weighted by Gasteiger charge is -2.20. The lowest BCUT2D eigenvalue weighted by Crippen LogP contribution is -2.45. The lowest BCUT2D eigenvalue weighted by atomic mass is 10.1. The van der Waals surface area contributed by atoms with Crippen LogP contribution in [0.3, 0.4) is 0 Å². The molecule has 0 spiro atoms. The van der Waals surface area contributed by atoms with Crippen molar-refractivity contribution in [3.8, 4) is 0 Å². The Kier molecular flexibility index (Phi) is 7.11. The van der Waals surface area contributed by atoms with E-state index in [1.165, 1.54) is 32.4 Å². The van der Waals surface area contributed by atoms with Gasteiger partial charge in [0.15, 0.2) is 0 Å². The van der Waals surface area contributed by atoms with E-state index < -0.39 is 35.2 Å². The van der Waals surface area contributed by atoms with E-state index in [4.69, 9.17) is 0 Å². The van der Waals surface area contributed by atoms with Gasteiger partial charge in [0.25, 0.3) is 0 Å². The summed E-state index contributed by atoms with van der Waals surface area (Å²) < 4.78 is 108. The standard InChI is InChI=1S/C6H13N.C2HF6NO4S2/c1-7-5-3-2-4-6-7;3-1(4,5)14(10,11)9-15(12,13)2(6,7)8/h2-6H2,1H3;9H. The molecule has 0 bridgehead atoms. The van der Waals surface area contributed by atoms with Gasteiger partial charge < -0.3 is 4.90 Å². The van der Waals surface area contributed by atoms with Crippen LogP contribution in [0.4, 0.5) is 26.3 Å². The highest BCUT2D eigenvalue weighted by molar-refractivity contribution is 8.05. The minimum absolute atomic E-state index is 0.493. The van der Waals surface area contributed by atoms with Crippen molar-refractivity contribution in [2.75, 3.05) is 20.1 Å². The molecule has 1 N–H and O–H groups in total. The molecular formula is C8H14F6N2O4S2. The maximum absolute atomic E-state index is 11.5. The molecule has 0 aromatic rings. The van der Waals surface area contributed by atoms with E-state index >= 15 is 0 Å². The summed E-state index contributed by atoms with van der Waals surface area (Å²) in [4.78, 5) is 2.39. The van der Waals surface area contributed by atoms with Crippen molar-refractivity contribution in [2.45, 2.75) is 30.3 Å². The number of rotatable bonds is 2. The van der Waals surface area contributed by atoms with Crippen molar-refractivity contribution in [1.29, 1.82) is 0 Å². The van der Waals surface area contributed by atoms with Gasteiger partial charge in [-0.2, -0.15) is 26.3 Å². The minimum Gasteiger partial charge on any atom is -0.306 e. The average molecular weight is 380 g/mol. The summed E-state index contributed by atoms with van der Waals surface area (Å²) in [7, 11) is -11.0. The third-order valence-corrected chi connectivity index (χ3v) is 5.38. The molecule has 6 nitrogen and oxygen atoms in total. The maximum atomic E-state index is 11.5. The van der Waals surface area contributed by atoms with Gasteiger partial charge in [0.2, 0.25) is 0 Å². The Balaban J connectivity index is 0.000000518. The molecule has 1 saturated heterocycles. The van der Waals surface area contributed by atoms with E-state index in [0.29, 0.717) is 0 Å². The largest absolute Gasteiger partial charge is 0.512 e. The molecule has 22 heavy (non-hydrogen) atoms. The Morgan fingerprint density at radius 1 is 0.773 bits per heavy atom. The lowest BCUT2D eigenvalue weighted by molar-refractivity contribution is -0.0476. The van der Waals surface area contributed by atoms with Crippen LogP contribution in [-0.4, -0.2) is 52.9 Å². The normalized spacial score (nSPS) is 18.5. The molecule has 0 saturated carbocycles. The van der Waals surface area contributed by atoms with Gasteiger partial charge in [0, 0.05) is 0 Å². The van der Waals surface area contributed by atoms with E-state index in [1.54, 1.807) is 0 Å². The first-order valence-corrected chi connectivity index (χ1v) is 8.66. The van der Waals surface area contributed by atoms with Gasteiger partial charge in [-0.1, -0.05) is 10.5 Å². The maximum Gasteiger partial charge on any atom is 0.512 e. The highest BCUT2D eigenvalue weighted by Gasteiger charge is 2.55. The molecule has 1 heterocycles. The first-order chi connectivity index (χ1) is 9.60. The molecule has 0 aromatic heterocycles. The smallest absolute Gasteiger partial charge is 0.306 e. The molecule has 0 aromatic carbocycles. The van der Waals surface area contributed by atoms with Crippen molar-refractivity contribution in [3.63, 3.8) is 0 Å². The Bertz CT molecular complexity index is 506. The Labute approximate surface area is 123 Å². The first kappa shape index (κ1) is 21.4. The van der Waals surface area contributed by atoms with Crippen molar-refractivity contribution < 1.29 is 43.2 Å². The fourth-order valence-electron chi connectivity index (χ4n) is 1.29. The number of halogens is 6. The molecule has 134 valence electrons. The van der Waals surface area contributed by atoms with E-state index in [9.17, 15) is 43.2 Å². The van der Waals surface area contributed by atoms with Gasteiger partial charge in [-0.05, 0) is 33.0 Å². The second kappa shape index (κ2) is 7.31. The number of likely N-dealkylation sites (tertiary alicyclic amines) is 1. The Morgan fingerprint density at radius 3 is 1.27 bits per heavy atom. The van der Waals surface area contributed by atoms with Gasteiger partial charge >= 0.3 is 31.1 Å². The van der Waals surface area contributed by atoms with Crippen molar-refractivity contribution in [1.82, 2.24) is 9.03 Å². The molecule has 0 aliphatic carbocycles. The summed E-state index contributed by atoms with van der Waals surface area (Å²) in [6, 6.07) is 0. The molecule has 0 radical (unpaired) electrons. The van der Waals surface area contributed by atoms with E-state index in [1.807, 2.05) is 0 Å². The fraction of sp³-hybridized carbons (Fsp3) is 1.00. The summed E-state index contributed by atoms with van der Waals surface area (Å²) in [6.07, 6.45) is 4.28. The highest BCUT2D eigenvalue weighted by Crippen LogP contribution is 2.27. The van der Waals surface area contributed by atoms with Gasteiger partial charge in [0.1, 0.15) is 0 Å². The highest BCUT2D eigenvalue weighted by atomic mass is 32.3. The van der Waals surface area contributed by atoms with Crippen molar-refractivity contribution in [2.24, 2.45) is 0 Å². The zero-order chi connectivity index (χ0) is 17.8. The predicted molar refractivity (Wildman–Crippen MR) is 64.4 cm³/mol. The molecule has 0 atom stereocenters. The number of alkyl halides is 6. The quantitative estimate of drug-likeness (QED) is 0.732. The molecule has 0 amide bonds. The Hall–Kier alpha value is -0.600. The summed E-state index contributed by atoms with van der Waals surface area (Å²) in [5.74, 6) is 0. The number of nitrogens with one attached hydrogen (secondary N) is 1. The predicted octanol–water partition coefficient (Wildman–Crippen LogP) is 1.38. The zero-order valence-corrected chi connectivity index (χ0v) is 12.8. The SMILES string of the molecule is CN1CCCCC1.O=S(=O)(NS(=O)(=O)C(F)(F)F)C(F)(F)F. The summed E-state index contributed by atoms with van der Waals surface area (Å²) in [5.41, 5.74) is -12.3. The average Bonchev–Trinajstić information content (AvgIpc) is 2.26. The second-order valence-corrected chi connectivity index (χ2v) is 7.95. The molecule has 1 fully saturated rings. The van der Waals surface area contributed by atoms with Crippen LogP contribution in [0.1, 0.15) is 19.3 Å². The van der Waals surface area contributed by atoms with Gasteiger partial charge in [-0.25, -0.2) is 16.8 Å². The van der Waals surface area contributed by atoms with Gasteiger partial charge in [-0.3, -0.25) is 0 Å². The molecule has 1 aliphatic heterocycles. The van der Waals surface area contributed by atoms with E-state index in [2.05, 4.69) is 11.9 Å². The molecule has 1 rings (SSSR count). The summed E-state index contributed by atoms with van der Waals surface area (Å²) in [6.45, 7) is 2.64. The van der Waals surface area contributed by atoms with Crippen LogP contribution >= 0.6 is 0 Å². The topological polar surface area (TPSA) is 83.6 Å². The molecule has 0 unspecified atom stereocenters. The zero-order valence-electron chi connectivity index (χ0n) is 11.2. The minimum atomic E-state index is -6.60. The van der Waals surface area contributed by atoms with E-state index in [-0.39, 0.29) is 0 Å². The number of nitrogens with zero attached hydrogens (tertiary/aromatic N) is 1. The van der Waals surface area contributed by atoms with Crippen molar-refractivity contribution in [3.05, 3.63) is 0 Å². The Morgan fingerprint density at radius 2 is 1.09 bits per heavy atom. The number of piperidine rings is 1. The van der Waals surface area contributed by atoms with E-state index in [0.717, 1.165) is 0 Å². The van der Waals surface area contributed by atoms with Crippen molar-refractivity contribution >= 4 is 20.0 Å². The van der Waals surface area contributed by atoms with Crippen LogP contribution in [0.15, 0.2) is 0 Å². The monoisotopic (exact) mass is 380 g/mol. The van der Waals surface area contributed by atoms with Crippen LogP contribution in [0, 0.1) is 0 Å². The number of sulfonamides is 2. The van der Waals surface area contributed by atoms with Crippen LogP contribution in [0.25, 0.3) is 0 Å². The van der Waals surface area contributed by atoms with Gasteiger partial charge in [-0.15, -0.1) is 0 Å². The molecular weight excluding hydrogens is 366 g/mol. The first-order valence-electron chi connectivity index (χ1n) is 5.70. The summed E-state index contributed by atoms with van der Waals surface area (Å²) in [5, 5.41) is 0. The third kappa shape index (κ3) is 6.66. The van der Waals surface area contributed by atoms with Gasteiger partial charge in [0.05, 0.1) is 0 Å². The summed E-state index contributed by atoms with van der Waals surface area (Å²) >= 11 is 0. The van der Waals surface area contributed by atoms with Crippen LogP contribution in [0.5, 0.6) is 0 Å². The van der Waals surface area contributed by atoms with Crippen LogP contribution < -0.4 is 4.13 Å². The van der Waals surface area contributed by atoms with Crippen LogP contribution in [-0.2, 0) is 20.0 Å². The number of hydrogen-bond acceptors (Lipinski definition) is 5. The molecule has 14 heteroatoms. The second-order valence-electron chi connectivity index (χ2n) is 4.35. The fourth-order valence-corrected chi connectivity index (χ4v) is 3.20.